The third kappa shape index (κ3) is 5.22. The van der Waals surface area contributed by atoms with Crippen molar-refractivity contribution in [2.75, 3.05) is 18.5 Å². The quantitative estimate of drug-likeness (QED) is 0.318. The van der Waals surface area contributed by atoms with Crippen LogP contribution in [0.3, 0.4) is 0 Å². The van der Waals surface area contributed by atoms with Crippen LogP contribution >= 0.6 is 11.6 Å². The maximum absolute atomic E-state index is 15.2. The number of hydrogen-bond donors (Lipinski definition) is 2. The van der Waals surface area contributed by atoms with Crippen LogP contribution in [0.25, 0.3) is 0 Å². The standard InChI is InChI=1S/C33H54ClN3O4Si/c1-21(38)37-17-16-32-23-18-22(34)14-15-24(23)35-27(32)41-25(30(8,9)20-40-42(12,13)29(5,6)7)33(32,37)26(39)36-31(10,11)19-28(2,3)4/h14-15,18,25,27,35H,16-17,19-20H2,1-13H3,(H,36,39)/t25-,27+,32+,33-/m1/s1. The fraction of sp³-hybridized carbons (Fsp3) is 0.758. The number of anilines is 1. The molecular formula is C33H54ClN3O4Si. The number of nitrogens with one attached hydrogen (secondary N) is 2. The van der Waals surface area contributed by atoms with E-state index >= 15 is 4.79 Å². The fourth-order valence-corrected chi connectivity index (χ4v) is 9.11. The normalized spacial score (nSPS) is 27.8. The monoisotopic (exact) mass is 619 g/mol. The van der Waals surface area contributed by atoms with Gasteiger partial charge in [-0.25, -0.2) is 0 Å². The smallest absolute Gasteiger partial charge is 0.250 e. The summed E-state index contributed by atoms with van der Waals surface area (Å²) < 4.78 is 13.8. The van der Waals surface area contributed by atoms with Gasteiger partial charge in [-0.15, -0.1) is 0 Å². The topological polar surface area (TPSA) is 79.9 Å². The number of nitrogens with zero attached hydrogens (tertiary/aromatic N) is 1. The lowest BCUT2D eigenvalue weighted by Gasteiger charge is -2.51. The molecule has 3 aliphatic rings. The van der Waals surface area contributed by atoms with Crippen molar-refractivity contribution in [2.45, 2.75) is 136 Å². The number of benzene rings is 1. The summed E-state index contributed by atoms with van der Waals surface area (Å²) >= 11 is 6.61. The summed E-state index contributed by atoms with van der Waals surface area (Å²) in [5, 5.41) is 7.66. The highest BCUT2D eigenvalue weighted by Gasteiger charge is 2.80. The number of halogens is 1. The summed E-state index contributed by atoms with van der Waals surface area (Å²) in [5.74, 6) is -0.312. The lowest BCUT2D eigenvalue weighted by atomic mass is 9.60. The Morgan fingerprint density at radius 1 is 1.12 bits per heavy atom. The Bertz CT molecular complexity index is 1250. The van der Waals surface area contributed by atoms with Gasteiger partial charge in [-0.05, 0) is 74.0 Å². The third-order valence-electron chi connectivity index (χ3n) is 10.2. The Kier molecular flexibility index (Phi) is 8.09. The van der Waals surface area contributed by atoms with Crippen LogP contribution in [0.2, 0.25) is 23.2 Å². The molecule has 2 fully saturated rings. The van der Waals surface area contributed by atoms with Gasteiger partial charge in [0.2, 0.25) is 11.8 Å². The Morgan fingerprint density at radius 3 is 2.29 bits per heavy atom. The van der Waals surface area contributed by atoms with E-state index in [4.69, 9.17) is 20.8 Å². The molecule has 0 unspecified atom stereocenters. The van der Waals surface area contributed by atoms with E-state index in [0.29, 0.717) is 24.6 Å². The highest BCUT2D eigenvalue weighted by Crippen LogP contribution is 2.65. The van der Waals surface area contributed by atoms with Gasteiger partial charge in [-0.3, -0.25) is 9.59 Å². The number of fused-ring (bicyclic) bond motifs is 1. The molecule has 4 rings (SSSR count). The molecule has 0 radical (unpaired) electrons. The maximum Gasteiger partial charge on any atom is 0.250 e. The molecule has 2 N–H and O–H groups in total. The van der Waals surface area contributed by atoms with Crippen molar-refractivity contribution in [3.8, 4) is 0 Å². The van der Waals surface area contributed by atoms with Crippen LogP contribution in [-0.2, 0) is 24.2 Å². The SMILES string of the molecule is CC(=O)N1CC[C@]23c4cc(Cl)ccc4N[C@H]2O[C@H](C(C)(C)CO[Si](C)(C)C(C)(C)C)[C@]13C(=O)NC(C)(C)CC(C)(C)C. The van der Waals surface area contributed by atoms with Crippen LogP contribution in [0, 0.1) is 10.8 Å². The number of hydrogen-bond acceptors (Lipinski definition) is 5. The first-order valence-electron chi connectivity index (χ1n) is 15.4. The number of amides is 2. The van der Waals surface area contributed by atoms with Gasteiger partial charge >= 0.3 is 0 Å². The van der Waals surface area contributed by atoms with Crippen molar-refractivity contribution in [1.82, 2.24) is 10.2 Å². The molecule has 4 atom stereocenters. The van der Waals surface area contributed by atoms with E-state index in [1.807, 2.05) is 18.2 Å². The van der Waals surface area contributed by atoms with Crippen molar-refractivity contribution in [1.29, 1.82) is 0 Å². The highest BCUT2D eigenvalue weighted by atomic mass is 35.5. The van der Waals surface area contributed by atoms with Crippen LogP contribution in [0.5, 0.6) is 0 Å². The molecule has 0 aliphatic carbocycles. The Balaban J connectivity index is 1.92. The van der Waals surface area contributed by atoms with Gasteiger partial charge in [-0.2, -0.15) is 0 Å². The molecule has 42 heavy (non-hydrogen) atoms. The second kappa shape index (κ2) is 10.2. The maximum atomic E-state index is 15.2. The van der Waals surface area contributed by atoms with Gasteiger partial charge < -0.3 is 24.7 Å². The Labute approximate surface area is 259 Å². The molecule has 1 aromatic carbocycles. The Morgan fingerprint density at radius 2 is 1.74 bits per heavy atom. The summed E-state index contributed by atoms with van der Waals surface area (Å²) in [6.07, 6.45) is 0.211. The van der Waals surface area contributed by atoms with Crippen LogP contribution < -0.4 is 10.6 Å². The first-order valence-corrected chi connectivity index (χ1v) is 18.7. The van der Waals surface area contributed by atoms with E-state index in [9.17, 15) is 4.79 Å². The van der Waals surface area contributed by atoms with Gasteiger partial charge in [0.25, 0.3) is 0 Å². The van der Waals surface area contributed by atoms with Crippen LogP contribution in [-0.4, -0.2) is 61.6 Å². The van der Waals surface area contributed by atoms with Crippen molar-refractivity contribution >= 4 is 37.4 Å². The van der Waals surface area contributed by atoms with Crippen molar-refractivity contribution in [3.63, 3.8) is 0 Å². The van der Waals surface area contributed by atoms with Gasteiger partial charge in [0.15, 0.2) is 13.9 Å². The predicted molar refractivity (Wildman–Crippen MR) is 173 cm³/mol. The lowest BCUT2D eigenvalue weighted by molar-refractivity contribution is -0.158. The largest absolute Gasteiger partial charge is 0.416 e. The van der Waals surface area contributed by atoms with Crippen molar-refractivity contribution in [3.05, 3.63) is 28.8 Å². The zero-order chi connectivity index (χ0) is 31.9. The van der Waals surface area contributed by atoms with E-state index in [-0.39, 0.29) is 22.3 Å². The van der Waals surface area contributed by atoms with E-state index in [0.717, 1.165) is 17.7 Å². The minimum atomic E-state index is -2.12. The van der Waals surface area contributed by atoms with Crippen molar-refractivity contribution < 1.29 is 18.8 Å². The number of carbonyl (C=O) groups excluding carboxylic acids is 2. The summed E-state index contributed by atoms with van der Waals surface area (Å²) in [7, 11) is -2.12. The van der Waals surface area contributed by atoms with Crippen LogP contribution in [0.1, 0.15) is 94.6 Å². The molecule has 3 heterocycles. The van der Waals surface area contributed by atoms with Crippen LogP contribution in [0.15, 0.2) is 18.2 Å². The highest BCUT2D eigenvalue weighted by molar-refractivity contribution is 6.74. The molecule has 236 valence electrons. The number of carbonyl (C=O) groups is 2. The first-order chi connectivity index (χ1) is 18.9. The van der Waals surface area contributed by atoms with Gasteiger partial charge in [0.1, 0.15) is 12.3 Å². The fourth-order valence-electron chi connectivity index (χ4n) is 7.78. The van der Waals surface area contributed by atoms with E-state index < -0.39 is 42.6 Å². The molecule has 1 spiro atoms. The third-order valence-corrected chi connectivity index (χ3v) is 14.9. The zero-order valence-electron chi connectivity index (χ0n) is 28.2. The molecule has 2 amide bonds. The van der Waals surface area contributed by atoms with Gasteiger partial charge in [0.05, 0.1) is 5.41 Å². The minimum absolute atomic E-state index is 0.0124. The molecule has 0 aromatic heterocycles. The molecule has 0 saturated carbocycles. The molecule has 0 bridgehead atoms. The van der Waals surface area contributed by atoms with Crippen LogP contribution in [0.4, 0.5) is 5.69 Å². The van der Waals surface area contributed by atoms with Gasteiger partial charge in [0, 0.05) is 41.7 Å². The molecule has 2 saturated heterocycles. The molecule has 9 heteroatoms. The first kappa shape index (κ1) is 33.3. The summed E-state index contributed by atoms with van der Waals surface area (Å²) in [5.41, 5.74) is -1.45. The number of rotatable bonds is 7. The summed E-state index contributed by atoms with van der Waals surface area (Å²) in [6.45, 7) is 28.5. The second-order valence-corrected chi connectivity index (χ2v) is 22.2. The second-order valence-electron chi connectivity index (χ2n) is 17.0. The van der Waals surface area contributed by atoms with Gasteiger partial charge in [-0.1, -0.05) is 67.0 Å². The van der Waals surface area contributed by atoms with Crippen molar-refractivity contribution in [2.24, 2.45) is 10.8 Å². The summed E-state index contributed by atoms with van der Waals surface area (Å²) in [4.78, 5) is 30.6. The minimum Gasteiger partial charge on any atom is -0.416 e. The van der Waals surface area contributed by atoms with E-state index in [1.54, 1.807) is 11.8 Å². The molecular weight excluding hydrogens is 566 g/mol. The predicted octanol–water partition coefficient (Wildman–Crippen LogP) is 7.10. The molecule has 7 nitrogen and oxygen atoms in total. The lowest BCUT2D eigenvalue weighted by Crippen LogP contribution is -2.73. The number of likely N-dealkylation sites (tertiary alicyclic amines) is 1. The number of ether oxygens (including phenoxy) is 1. The Hall–Kier alpha value is -1.61. The average molecular weight is 620 g/mol. The molecule has 3 aliphatic heterocycles. The average Bonchev–Trinajstić information content (AvgIpc) is 3.39. The van der Waals surface area contributed by atoms with E-state index in [1.165, 1.54) is 0 Å². The van der Waals surface area contributed by atoms with E-state index in [2.05, 4.69) is 93.0 Å². The summed E-state index contributed by atoms with van der Waals surface area (Å²) in [6, 6.07) is 5.77. The zero-order valence-corrected chi connectivity index (χ0v) is 29.9. The molecule has 1 aromatic rings.